The maximum absolute atomic E-state index is 13.3. The van der Waals surface area contributed by atoms with Crippen LogP contribution in [0.1, 0.15) is 38.3 Å². The normalized spacial score (nSPS) is 16.2. The number of piperidine rings is 1. The van der Waals surface area contributed by atoms with Crippen LogP contribution in [0.5, 0.6) is 0 Å². The topological polar surface area (TPSA) is 27.3 Å². The second-order valence-corrected chi connectivity index (χ2v) is 7.50. The summed E-state index contributed by atoms with van der Waals surface area (Å²) in [5, 5.41) is 6.76. The number of rotatable bonds is 4. The quantitative estimate of drug-likeness (QED) is 0.731. The maximum Gasteiger partial charge on any atom is 0.171 e. The Morgan fingerprint density at radius 2 is 1.85 bits per heavy atom. The fourth-order valence-corrected chi connectivity index (χ4v) is 3.55. The van der Waals surface area contributed by atoms with Crippen LogP contribution in [0.4, 0.5) is 15.8 Å². The number of nitrogens with zero attached hydrogens (tertiary/aromatic N) is 1. The first-order valence-electron chi connectivity index (χ1n) is 9.19. The van der Waals surface area contributed by atoms with E-state index in [0.717, 1.165) is 19.0 Å². The van der Waals surface area contributed by atoms with Crippen molar-refractivity contribution >= 4 is 28.7 Å². The van der Waals surface area contributed by atoms with Gasteiger partial charge in [0, 0.05) is 24.5 Å². The SMILES string of the molecule is CC1CCN(c2ccc([C@@H](C)NC(=S)Nc3cccc(F)c3)cc2)CC1. The molecule has 1 saturated heterocycles. The monoisotopic (exact) mass is 371 g/mol. The van der Waals surface area contributed by atoms with Gasteiger partial charge in [0.1, 0.15) is 5.82 Å². The average Bonchev–Trinajstić information content (AvgIpc) is 2.62. The van der Waals surface area contributed by atoms with Crippen LogP contribution in [0.15, 0.2) is 48.5 Å². The van der Waals surface area contributed by atoms with Gasteiger partial charge >= 0.3 is 0 Å². The molecule has 138 valence electrons. The van der Waals surface area contributed by atoms with E-state index in [1.807, 2.05) is 0 Å². The molecular formula is C21H26FN3S. The van der Waals surface area contributed by atoms with E-state index in [1.54, 1.807) is 12.1 Å². The summed E-state index contributed by atoms with van der Waals surface area (Å²) in [4.78, 5) is 2.46. The highest BCUT2D eigenvalue weighted by Crippen LogP contribution is 2.24. The lowest BCUT2D eigenvalue weighted by atomic mass is 9.98. The Balaban J connectivity index is 1.56. The summed E-state index contributed by atoms with van der Waals surface area (Å²) in [6.07, 6.45) is 2.53. The Morgan fingerprint density at radius 3 is 2.50 bits per heavy atom. The van der Waals surface area contributed by atoms with E-state index in [1.165, 1.54) is 36.2 Å². The molecule has 26 heavy (non-hydrogen) atoms. The number of hydrogen-bond acceptors (Lipinski definition) is 2. The minimum Gasteiger partial charge on any atom is -0.372 e. The van der Waals surface area contributed by atoms with Crippen molar-refractivity contribution in [1.29, 1.82) is 0 Å². The molecule has 1 aliphatic rings. The van der Waals surface area contributed by atoms with Gasteiger partial charge in [0.25, 0.3) is 0 Å². The molecule has 0 unspecified atom stereocenters. The van der Waals surface area contributed by atoms with Gasteiger partial charge in [-0.3, -0.25) is 0 Å². The van der Waals surface area contributed by atoms with Gasteiger partial charge in [-0.15, -0.1) is 0 Å². The first-order valence-corrected chi connectivity index (χ1v) is 9.60. The predicted molar refractivity (Wildman–Crippen MR) is 111 cm³/mol. The van der Waals surface area contributed by atoms with Gasteiger partial charge in [0.05, 0.1) is 6.04 Å². The van der Waals surface area contributed by atoms with Crippen LogP contribution >= 0.6 is 12.2 Å². The molecule has 1 fully saturated rings. The van der Waals surface area contributed by atoms with Crippen molar-refractivity contribution in [3.63, 3.8) is 0 Å². The second kappa shape index (κ2) is 8.49. The van der Waals surface area contributed by atoms with Gasteiger partial charge in [0.15, 0.2) is 5.11 Å². The van der Waals surface area contributed by atoms with Gasteiger partial charge in [-0.05, 0) is 73.8 Å². The molecule has 2 aromatic rings. The summed E-state index contributed by atoms with van der Waals surface area (Å²) >= 11 is 5.34. The smallest absolute Gasteiger partial charge is 0.171 e. The largest absolute Gasteiger partial charge is 0.372 e. The van der Waals surface area contributed by atoms with E-state index in [4.69, 9.17) is 12.2 Å². The Morgan fingerprint density at radius 1 is 1.15 bits per heavy atom. The van der Waals surface area contributed by atoms with Gasteiger partial charge < -0.3 is 15.5 Å². The van der Waals surface area contributed by atoms with E-state index in [9.17, 15) is 4.39 Å². The number of anilines is 2. The highest BCUT2D eigenvalue weighted by Gasteiger charge is 2.16. The summed E-state index contributed by atoms with van der Waals surface area (Å²) in [6, 6.07) is 15.0. The molecule has 5 heteroatoms. The highest BCUT2D eigenvalue weighted by molar-refractivity contribution is 7.80. The third-order valence-electron chi connectivity index (χ3n) is 4.97. The van der Waals surface area contributed by atoms with Crippen molar-refractivity contribution in [2.24, 2.45) is 5.92 Å². The number of thiocarbonyl (C=S) groups is 1. The lowest BCUT2D eigenvalue weighted by Crippen LogP contribution is -2.33. The summed E-state index contributed by atoms with van der Waals surface area (Å²) in [6.45, 7) is 6.66. The molecule has 0 spiro atoms. The summed E-state index contributed by atoms with van der Waals surface area (Å²) in [5.74, 6) is 0.551. The third kappa shape index (κ3) is 4.94. The second-order valence-electron chi connectivity index (χ2n) is 7.09. The van der Waals surface area contributed by atoms with Crippen LogP contribution < -0.4 is 15.5 Å². The molecule has 3 rings (SSSR count). The van der Waals surface area contributed by atoms with E-state index in [2.05, 4.69) is 53.6 Å². The molecule has 0 aliphatic carbocycles. The Bertz CT molecular complexity index is 739. The minimum atomic E-state index is -0.284. The van der Waals surface area contributed by atoms with Gasteiger partial charge in [-0.2, -0.15) is 0 Å². The summed E-state index contributed by atoms with van der Waals surface area (Å²) < 4.78 is 13.3. The van der Waals surface area contributed by atoms with Gasteiger partial charge in [0.2, 0.25) is 0 Å². The van der Waals surface area contributed by atoms with Crippen molar-refractivity contribution < 1.29 is 4.39 Å². The fourth-order valence-electron chi connectivity index (χ4n) is 3.25. The summed E-state index contributed by atoms with van der Waals surface area (Å²) in [5.41, 5.74) is 3.10. The van der Waals surface area contributed by atoms with Gasteiger partial charge in [-0.1, -0.05) is 25.1 Å². The standard InChI is InChI=1S/C21H26FN3S/c1-15-10-12-25(13-11-15)20-8-6-17(7-9-20)16(2)23-21(26)24-19-5-3-4-18(22)14-19/h3-9,14-16H,10-13H2,1-2H3,(H2,23,24,26)/t16-/m1/s1. The third-order valence-corrected chi connectivity index (χ3v) is 5.19. The molecule has 1 aliphatic heterocycles. The van der Waals surface area contributed by atoms with Crippen molar-refractivity contribution in [1.82, 2.24) is 5.32 Å². The molecule has 2 N–H and O–H groups in total. The van der Waals surface area contributed by atoms with Crippen LogP contribution in [0.25, 0.3) is 0 Å². The first kappa shape index (κ1) is 18.6. The highest BCUT2D eigenvalue weighted by atomic mass is 32.1. The Kier molecular flexibility index (Phi) is 6.09. The van der Waals surface area contributed by atoms with Crippen molar-refractivity contribution in [3.8, 4) is 0 Å². The molecule has 1 atom stereocenters. The Labute approximate surface area is 160 Å². The van der Waals surface area contributed by atoms with Crippen LogP contribution in [0.2, 0.25) is 0 Å². The average molecular weight is 372 g/mol. The Hall–Kier alpha value is -2.14. The lowest BCUT2D eigenvalue weighted by molar-refractivity contribution is 0.438. The maximum atomic E-state index is 13.3. The zero-order valence-electron chi connectivity index (χ0n) is 15.3. The van der Waals surface area contributed by atoms with E-state index >= 15 is 0 Å². The molecular weight excluding hydrogens is 345 g/mol. The van der Waals surface area contributed by atoms with Crippen molar-refractivity contribution in [2.45, 2.75) is 32.7 Å². The number of benzene rings is 2. The van der Waals surface area contributed by atoms with E-state index < -0.39 is 0 Å². The minimum absolute atomic E-state index is 0.0685. The lowest BCUT2D eigenvalue weighted by Gasteiger charge is -2.32. The molecule has 0 amide bonds. The molecule has 0 saturated carbocycles. The number of hydrogen-bond donors (Lipinski definition) is 2. The predicted octanol–water partition coefficient (Wildman–Crippen LogP) is 5.11. The molecule has 2 aromatic carbocycles. The van der Waals surface area contributed by atoms with Crippen molar-refractivity contribution in [2.75, 3.05) is 23.3 Å². The van der Waals surface area contributed by atoms with Gasteiger partial charge in [-0.25, -0.2) is 4.39 Å². The summed E-state index contributed by atoms with van der Waals surface area (Å²) in [7, 11) is 0. The first-order chi connectivity index (χ1) is 12.5. The molecule has 3 nitrogen and oxygen atoms in total. The van der Waals surface area contributed by atoms with Crippen molar-refractivity contribution in [3.05, 3.63) is 59.9 Å². The number of nitrogens with one attached hydrogen (secondary N) is 2. The van der Waals surface area contributed by atoms with Crippen LogP contribution in [0, 0.1) is 11.7 Å². The zero-order chi connectivity index (χ0) is 18.5. The molecule has 0 aromatic heterocycles. The van der Waals surface area contributed by atoms with Crippen LogP contribution in [-0.4, -0.2) is 18.2 Å². The molecule has 1 heterocycles. The zero-order valence-corrected chi connectivity index (χ0v) is 16.2. The molecule has 0 radical (unpaired) electrons. The fraction of sp³-hybridized carbons (Fsp3) is 0.381. The van der Waals surface area contributed by atoms with Crippen LogP contribution in [0.3, 0.4) is 0 Å². The van der Waals surface area contributed by atoms with Crippen LogP contribution in [-0.2, 0) is 0 Å². The van der Waals surface area contributed by atoms with E-state index in [0.29, 0.717) is 10.8 Å². The number of halogens is 1. The molecule has 0 bridgehead atoms. The van der Waals surface area contributed by atoms with E-state index in [-0.39, 0.29) is 11.9 Å².